The van der Waals surface area contributed by atoms with Gasteiger partial charge in [0.15, 0.2) is 5.75 Å². The molecule has 0 fully saturated rings. The molecule has 0 aliphatic carbocycles. The molecule has 0 atom stereocenters. The Morgan fingerprint density at radius 1 is 1.11 bits per heavy atom. The monoisotopic (exact) mass is 497 g/mol. The highest BCUT2D eigenvalue weighted by Crippen LogP contribution is 2.39. The van der Waals surface area contributed by atoms with Crippen molar-refractivity contribution in [2.24, 2.45) is 0 Å². The molecule has 0 saturated carbocycles. The van der Waals surface area contributed by atoms with Crippen LogP contribution in [0.15, 0.2) is 45.3 Å². The van der Waals surface area contributed by atoms with E-state index in [1.54, 1.807) is 19.1 Å². The second-order valence-electron chi connectivity index (χ2n) is 6.13. The van der Waals surface area contributed by atoms with E-state index in [-0.39, 0.29) is 13.0 Å². The first kappa shape index (κ1) is 21.4. The first-order chi connectivity index (χ1) is 12.8. The van der Waals surface area contributed by atoms with Crippen LogP contribution in [0.4, 0.5) is 5.69 Å². The molecule has 144 valence electrons. The molecule has 1 N–H and O–H groups in total. The van der Waals surface area contributed by atoms with Crippen molar-refractivity contribution in [3.05, 3.63) is 50.9 Å². The fourth-order valence-electron chi connectivity index (χ4n) is 2.33. The lowest BCUT2D eigenvalue weighted by Gasteiger charge is -2.14. The van der Waals surface area contributed by atoms with E-state index in [0.29, 0.717) is 26.3 Å². The van der Waals surface area contributed by atoms with Gasteiger partial charge in [-0.05, 0) is 74.5 Å². The Kier molecular flexibility index (Phi) is 7.86. The fraction of sp³-hybridized carbons (Fsp3) is 0.300. The summed E-state index contributed by atoms with van der Waals surface area (Å²) in [6, 6.07) is 11.3. The van der Waals surface area contributed by atoms with Crippen molar-refractivity contribution in [1.29, 1.82) is 0 Å². The van der Waals surface area contributed by atoms with E-state index in [4.69, 9.17) is 9.47 Å². The van der Waals surface area contributed by atoms with Crippen LogP contribution in [0.3, 0.4) is 0 Å². The number of amides is 1. The molecular formula is C20H21Br2NO4. The standard InChI is InChI=1S/C20H21Br2NO4/c1-4-26-19(25)11-18(24)23-14-9-16(21)20(17(22)10-14)27-15-7-5-6-13(8-15)12(2)3/h5-10,12H,4,11H2,1-3H3,(H,23,24). The molecule has 2 rings (SSSR count). The number of carbonyl (C=O) groups is 2. The Bertz CT molecular complexity index is 813. The summed E-state index contributed by atoms with van der Waals surface area (Å²) in [5.41, 5.74) is 1.72. The van der Waals surface area contributed by atoms with E-state index < -0.39 is 11.9 Å². The molecule has 1 amide bonds. The SMILES string of the molecule is CCOC(=O)CC(=O)Nc1cc(Br)c(Oc2cccc(C(C)C)c2)c(Br)c1. The zero-order valence-electron chi connectivity index (χ0n) is 15.3. The van der Waals surface area contributed by atoms with Crippen LogP contribution in [0.2, 0.25) is 0 Å². The topological polar surface area (TPSA) is 64.6 Å². The summed E-state index contributed by atoms with van der Waals surface area (Å²) < 4.78 is 12.1. The van der Waals surface area contributed by atoms with Gasteiger partial charge in [0.05, 0.1) is 15.6 Å². The summed E-state index contributed by atoms with van der Waals surface area (Å²) in [6.07, 6.45) is -0.330. The number of carbonyl (C=O) groups excluding carboxylic acids is 2. The first-order valence-corrected chi connectivity index (χ1v) is 10.1. The zero-order chi connectivity index (χ0) is 20.0. The lowest BCUT2D eigenvalue weighted by atomic mass is 10.0. The van der Waals surface area contributed by atoms with Crippen molar-refractivity contribution in [2.75, 3.05) is 11.9 Å². The van der Waals surface area contributed by atoms with Gasteiger partial charge in [0.25, 0.3) is 0 Å². The molecule has 0 radical (unpaired) electrons. The maximum absolute atomic E-state index is 11.9. The number of hydrogen-bond acceptors (Lipinski definition) is 4. The zero-order valence-corrected chi connectivity index (χ0v) is 18.5. The molecule has 0 saturated heterocycles. The Labute approximate surface area is 175 Å². The van der Waals surface area contributed by atoms with Gasteiger partial charge in [-0.1, -0.05) is 26.0 Å². The largest absolute Gasteiger partial charge is 0.466 e. The van der Waals surface area contributed by atoms with Crippen LogP contribution in [0.25, 0.3) is 0 Å². The average molecular weight is 499 g/mol. The maximum Gasteiger partial charge on any atom is 0.315 e. The number of benzene rings is 2. The highest BCUT2D eigenvalue weighted by molar-refractivity contribution is 9.11. The molecule has 0 spiro atoms. The first-order valence-electron chi connectivity index (χ1n) is 8.52. The maximum atomic E-state index is 11.9. The van der Waals surface area contributed by atoms with Gasteiger partial charge in [0, 0.05) is 5.69 Å². The van der Waals surface area contributed by atoms with Crippen LogP contribution in [0, 0.1) is 0 Å². The number of esters is 1. The van der Waals surface area contributed by atoms with Crippen molar-refractivity contribution in [2.45, 2.75) is 33.1 Å². The van der Waals surface area contributed by atoms with Gasteiger partial charge >= 0.3 is 5.97 Å². The van der Waals surface area contributed by atoms with E-state index in [2.05, 4.69) is 57.1 Å². The van der Waals surface area contributed by atoms with E-state index in [1.165, 1.54) is 5.56 Å². The molecule has 0 heterocycles. The molecule has 0 unspecified atom stereocenters. The summed E-state index contributed by atoms with van der Waals surface area (Å²) in [5, 5.41) is 2.67. The Hall–Kier alpha value is -1.86. The van der Waals surface area contributed by atoms with E-state index in [1.807, 2.05) is 18.2 Å². The average Bonchev–Trinajstić information content (AvgIpc) is 2.58. The smallest absolute Gasteiger partial charge is 0.315 e. The van der Waals surface area contributed by atoms with Gasteiger partial charge in [-0.25, -0.2) is 0 Å². The fourth-order valence-corrected chi connectivity index (χ4v) is 3.68. The van der Waals surface area contributed by atoms with Gasteiger partial charge in [0.2, 0.25) is 5.91 Å². The number of rotatable bonds is 7. The highest BCUT2D eigenvalue weighted by Gasteiger charge is 2.14. The van der Waals surface area contributed by atoms with Crippen LogP contribution in [0.1, 0.15) is 38.7 Å². The van der Waals surface area contributed by atoms with Gasteiger partial charge in [-0.2, -0.15) is 0 Å². The van der Waals surface area contributed by atoms with Crippen LogP contribution in [-0.4, -0.2) is 18.5 Å². The van der Waals surface area contributed by atoms with Gasteiger partial charge in [-0.3, -0.25) is 9.59 Å². The third-order valence-electron chi connectivity index (χ3n) is 3.64. The van der Waals surface area contributed by atoms with Crippen LogP contribution in [0.5, 0.6) is 11.5 Å². The van der Waals surface area contributed by atoms with Crippen molar-refractivity contribution < 1.29 is 19.1 Å². The van der Waals surface area contributed by atoms with Crippen LogP contribution in [-0.2, 0) is 14.3 Å². The summed E-state index contributed by atoms with van der Waals surface area (Å²) in [4.78, 5) is 23.3. The predicted molar refractivity (Wildman–Crippen MR) is 112 cm³/mol. The molecule has 5 nitrogen and oxygen atoms in total. The Balaban J connectivity index is 2.13. The van der Waals surface area contributed by atoms with Crippen molar-refractivity contribution in [1.82, 2.24) is 0 Å². The minimum absolute atomic E-state index is 0.243. The van der Waals surface area contributed by atoms with Crippen molar-refractivity contribution >= 4 is 49.4 Å². The van der Waals surface area contributed by atoms with Crippen molar-refractivity contribution in [3.8, 4) is 11.5 Å². The molecule has 27 heavy (non-hydrogen) atoms. The molecular weight excluding hydrogens is 478 g/mol. The summed E-state index contributed by atoms with van der Waals surface area (Å²) in [6.45, 7) is 6.18. The molecule has 2 aromatic carbocycles. The lowest BCUT2D eigenvalue weighted by molar-refractivity contribution is -0.145. The molecule has 0 bridgehead atoms. The molecule has 0 aliphatic heterocycles. The predicted octanol–water partition coefficient (Wildman–Crippen LogP) is 6.02. The van der Waals surface area contributed by atoms with Gasteiger partial charge < -0.3 is 14.8 Å². The molecule has 7 heteroatoms. The van der Waals surface area contributed by atoms with E-state index in [9.17, 15) is 9.59 Å². The van der Waals surface area contributed by atoms with Crippen molar-refractivity contribution in [3.63, 3.8) is 0 Å². The summed E-state index contributed by atoms with van der Waals surface area (Å²) in [7, 11) is 0. The van der Waals surface area contributed by atoms with Gasteiger partial charge in [0.1, 0.15) is 12.2 Å². The minimum Gasteiger partial charge on any atom is -0.466 e. The second-order valence-corrected chi connectivity index (χ2v) is 7.84. The molecule has 0 aliphatic rings. The summed E-state index contributed by atoms with van der Waals surface area (Å²) >= 11 is 6.94. The molecule has 0 aromatic heterocycles. The second kappa shape index (κ2) is 9.90. The third-order valence-corrected chi connectivity index (χ3v) is 4.82. The molecule has 2 aromatic rings. The third kappa shape index (κ3) is 6.36. The van der Waals surface area contributed by atoms with Crippen LogP contribution < -0.4 is 10.1 Å². The number of nitrogens with one attached hydrogen (secondary N) is 1. The lowest BCUT2D eigenvalue weighted by Crippen LogP contribution is -2.18. The van der Waals surface area contributed by atoms with Crippen LogP contribution >= 0.6 is 31.9 Å². The Morgan fingerprint density at radius 2 is 1.78 bits per heavy atom. The Morgan fingerprint density at radius 3 is 2.37 bits per heavy atom. The normalized spacial score (nSPS) is 10.6. The van der Waals surface area contributed by atoms with E-state index in [0.717, 1.165) is 5.75 Å². The number of hydrogen-bond donors (Lipinski definition) is 1. The number of anilines is 1. The number of ether oxygens (including phenoxy) is 2. The highest BCUT2D eigenvalue weighted by atomic mass is 79.9. The van der Waals surface area contributed by atoms with Gasteiger partial charge in [-0.15, -0.1) is 0 Å². The number of halogens is 2. The summed E-state index contributed by atoms with van der Waals surface area (Å²) in [5.74, 6) is 0.724. The van der Waals surface area contributed by atoms with E-state index >= 15 is 0 Å². The quantitative estimate of drug-likeness (QED) is 0.374. The minimum atomic E-state index is -0.557.